The van der Waals surface area contributed by atoms with Crippen molar-refractivity contribution in [1.82, 2.24) is 9.36 Å². The van der Waals surface area contributed by atoms with Crippen LogP contribution in [0.1, 0.15) is 10.4 Å². The van der Waals surface area contributed by atoms with Gasteiger partial charge in [0.1, 0.15) is 5.75 Å². The van der Waals surface area contributed by atoms with Crippen molar-refractivity contribution in [3.8, 4) is 16.5 Å². The number of nitrogens with zero attached hydrogens (tertiary/aromatic N) is 2. The van der Waals surface area contributed by atoms with Crippen molar-refractivity contribution in [2.75, 3.05) is 11.9 Å². The van der Waals surface area contributed by atoms with Crippen molar-refractivity contribution in [3.63, 3.8) is 0 Å². The molecule has 3 aromatic rings. The first-order chi connectivity index (χ1) is 11.5. The highest BCUT2D eigenvalue weighted by Gasteiger charge is 2.11. The van der Waals surface area contributed by atoms with Gasteiger partial charge in [0, 0.05) is 21.4 Å². The molecule has 0 aliphatic heterocycles. The number of nitrogens with one attached hydrogen (secondary N) is 1. The Labute approximate surface area is 152 Å². The summed E-state index contributed by atoms with van der Waals surface area (Å²) < 4.78 is 9.72. The molecule has 5 nitrogen and oxygen atoms in total. The highest BCUT2D eigenvalue weighted by Crippen LogP contribution is 2.27. The Hall–Kier alpha value is -1.96. The molecule has 0 saturated heterocycles. The fourth-order valence-corrected chi connectivity index (χ4v) is 3.52. The van der Waals surface area contributed by atoms with Crippen LogP contribution in [0.5, 0.6) is 5.75 Å². The number of carbonyl (C=O) groups excluding carboxylic acids is 1. The Bertz CT molecular complexity index is 876. The highest BCUT2D eigenvalue weighted by atomic mass is 35.5. The molecule has 0 spiro atoms. The van der Waals surface area contributed by atoms with Crippen molar-refractivity contribution in [2.45, 2.75) is 13.8 Å². The third-order valence-corrected chi connectivity index (χ3v) is 5.18. The molecular weight excluding hydrogens is 366 g/mol. The lowest BCUT2D eigenvalue weighted by Crippen LogP contribution is -2.20. The van der Waals surface area contributed by atoms with E-state index in [4.69, 9.17) is 16.3 Å². The predicted molar refractivity (Wildman–Crippen MR) is 98.3 cm³/mol. The van der Waals surface area contributed by atoms with Gasteiger partial charge in [0.05, 0.1) is 4.88 Å². The van der Waals surface area contributed by atoms with Gasteiger partial charge in [-0.05, 0) is 49.7 Å². The SMILES string of the molecule is Cc1ccc(-c2nsc(NC(=O)COc3ccc(Cl)c(C)c3)n2)s1. The van der Waals surface area contributed by atoms with Gasteiger partial charge in [-0.3, -0.25) is 10.1 Å². The second kappa shape index (κ2) is 7.29. The minimum atomic E-state index is -0.285. The van der Waals surface area contributed by atoms with Crippen LogP contribution in [0.25, 0.3) is 10.7 Å². The topological polar surface area (TPSA) is 64.1 Å². The molecule has 0 fully saturated rings. The Morgan fingerprint density at radius 1 is 1.29 bits per heavy atom. The molecule has 2 aromatic heterocycles. The van der Waals surface area contributed by atoms with Gasteiger partial charge in [-0.15, -0.1) is 11.3 Å². The van der Waals surface area contributed by atoms with Crippen LogP contribution in [0.4, 0.5) is 5.13 Å². The number of halogens is 1. The summed E-state index contributed by atoms with van der Waals surface area (Å²) in [5.74, 6) is 0.939. The molecule has 124 valence electrons. The van der Waals surface area contributed by atoms with Crippen LogP contribution in [0.3, 0.4) is 0 Å². The number of aryl methyl sites for hydroxylation is 2. The number of carbonyl (C=O) groups is 1. The number of benzene rings is 1. The van der Waals surface area contributed by atoms with Gasteiger partial charge in [-0.25, -0.2) is 0 Å². The summed E-state index contributed by atoms with van der Waals surface area (Å²) in [6, 6.07) is 9.24. The van der Waals surface area contributed by atoms with E-state index in [0.717, 1.165) is 22.0 Å². The van der Waals surface area contributed by atoms with E-state index in [9.17, 15) is 4.79 Å². The summed E-state index contributed by atoms with van der Waals surface area (Å²) in [6.45, 7) is 3.80. The molecule has 1 aromatic carbocycles. The van der Waals surface area contributed by atoms with Gasteiger partial charge < -0.3 is 4.74 Å². The van der Waals surface area contributed by atoms with Gasteiger partial charge in [-0.2, -0.15) is 9.36 Å². The maximum absolute atomic E-state index is 12.0. The molecule has 0 unspecified atom stereocenters. The molecule has 3 rings (SSSR count). The summed E-state index contributed by atoms with van der Waals surface area (Å²) in [5, 5.41) is 3.81. The first kappa shape index (κ1) is 16.9. The van der Waals surface area contributed by atoms with Crippen LogP contribution >= 0.6 is 34.5 Å². The summed E-state index contributed by atoms with van der Waals surface area (Å²) in [6.07, 6.45) is 0. The molecule has 24 heavy (non-hydrogen) atoms. The Balaban J connectivity index is 1.57. The molecule has 0 aliphatic carbocycles. The first-order valence-electron chi connectivity index (χ1n) is 7.10. The molecule has 1 amide bonds. The van der Waals surface area contributed by atoms with Gasteiger partial charge in [-0.1, -0.05) is 11.6 Å². The first-order valence-corrected chi connectivity index (χ1v) is 9.07. The predicted octanol–water partition coefficient (Wildman–Crippen LogP) is 4.55. The van der Waals surface area contributed by atoms with E-state index >= 15 is 0 Å². The van der Waals surface area contributed by atoms with Crippen LogP contribution in [0.15, 0.2) is 30.3 Å². The number of hydrogen-bond acceptors (Lipinski definition) is 6. The van der Waals surface area contributed by atoms with E-state index in [0.29, 0.717) is 21.7 Å². The normalized spacial score (nSPS) is 10.6. The second-order valence-corrected chi connectivity index (χ2v) is 7.53. The molecule has 0 bridgehead atoms. The van der Waals surface area contributed by atoms with E-state index in [1.165, 1.54) is 4.88 Å². The number of anilines is 1. The van der Waals surface area contributed by atoms with Crippen molar-refractivity contribution >= 4 is 45.5 Å². The average molecular weight is 380 g/mol. The zero-order chi connectivity index (χ0) is 17.1. The van der Waals surface area contributed by atoms with E-state index in [1.807, 2.05) is 26.0 Å². The smallest absolute Gasteiger partial charge is 0.264 e. The Kier molecular flexibility index (Phi) is 5.13. The third-order valence-electron chi connectivity index (χ3n) is 3.13. The summed E-state index contributed by atoms with van der Waals surface area (Å²) in [5.41, 5.74) is 0.898. The minimum absolute atomic E-state index is 0.103. The lowest BCUT2D eigenvalue weighted by molar-refractivity contribution is -0.118. The third kappa shape index (κ3) is 4.11. The number of amides is 1. The highest BCUT2D eigenvalue weighted by molar-refractivity contribution is 7.15. The zero-order valence-corrected chi connectivity index (χ0v) is 15.4. The largest absolute Gasteiger partial charge is 0.484 e. The van der Waals surface area contributed by atoms with Crippen LogP contribution in [-0.4, -0.2) is 21.9 Å². The van der Waals surface area contributed by atoms with Crippen LogP contribution in [-0.2, 0) is 4.79 Å². The maximum Gasteiger partial charge on any atom is 0.264 e. The zero-order valence-electron chi connectivity index (χ0n) is 13.0. The number of aromatic nitrogens is 2. The summed E-state index contributed by atoms with van der Waals surface area (Å²) in [4.78, 5) is 18.5. The van der Waals surface area contributed by atoms with Crippen molar-refractivity contribution in [2.24, 2.45) is 0 Å². The molecule has 0 saturated carbocycles. The van der Waals surface area contributed by atoms with Gasteiger partial charge >= 0.3 is 0 Å². The molecule has 2 heterocycles. The molecule has 8 heteroatoms. The van der Waals surface area contributed by atoms with Crippen LogP contribution in [0.2, 0.25) is 5.02 Å². The number of ether oxygens (including phenoxy) is 1. The number of hydrogen-bond donors (Lipinski definition) is 1. The summed E-state index contributed by atoms with van der Waals surface area (Å²) in [7, 11) is 0. The standard InChI is InChI=1S/C16H14ClN3O2S2/c1-9-7-11(4-5-12(9)17)22-8-14(21)18-16-19-15(20-24-16)13-6-3-10(2)23-13/h3-7H,8H2,1-2H3,(H,18,19,20,21). The average Bonchev–Trinajstić information content (AvgIpc) is 3.17. The number of thiophene rings is 1. The van der Waals surface area contributed by atoms with E-state index in [-0.39, 0.29) is 12.5 Å². The van der Waals surface area contributed by atoms with E-state index in [1.54, 1.807) is 29.5 Å². The number of rotatable bonds is 5. The molecule has 0 radical (unpaired) electrons. The quantitative estimate of drug-likeness (QED) is 0.706. The van der Waals surface area contributed by atoms with Crippen LogP contribution in [0, 0.1) is 13.8 Å². The molecular formula is C16H14ClN3O2S2. The fourth-order valence-electron chi connectivity index (χ4n) is 1.94. The lowest BCUT2D eigenvalue weighted by atomic mass is 10.2. The lowest BCUT2D eigenvalue weighted by Gasteiger charge is -2.07. The van der Waals surface area contributed by atoms with Gasteiger partial charge in [0.2, 0.25) is 5.13 Å². The van der Waals surface area contributed by atoms with Crippen molar-refractivity contribution in [1.29, 1.82) is 0 Å². The maximum atomic E-state index is 12.0. The van der Waals surface area contributed by atoms with Gasteiger partial charge in [0.15, 0.2) is 12.4 Å². The monoisotopic (exact) mass is 379 g/mol. The second-order valence-electron chi connectivity index (χ2n) is 5.08. The molecule has 1 N–H and O–H groups in total. The fraction of sp³-hybridized carbons (Fsp3) is 0.188. The minimum Gasteiger partial charge on any atom is -0.484 e. The van der Waals surface area contributed by atoms with Crippen molar-refractivity contribution < 1.29 is 9.53 Å². The summed E-state index contributed by atoms with van der Waals surface area (Å²) >= 11 is 8.72. The van der Waals surface area contributed by atoms with Crippen LogP contribution < -0.4 is 10.1 Å². The Morgan fingerprint density at radius 3 is 2.83 bits per heavy atom. The molecule has 0 atom stereocenters. The van der Waals surface area contributed by atoms with Gasteiger partial charge in [0.25, 0.3) is 5.91 Å². The van der Waals surface area contributed by atoms with E-state index in [2.05, 4.69) is 14.7 Å². The van der Waals surface area contributed by atoms with Crippen molar-refractivity contribution in [3.05, 3.63) is 45.8 Å². The van der Waals surface area contributed by atoms with E-state index < -0.39 is 0 Å². The molecule has 0 aliphatic rings. The Morgan fingerprint density at radius 2 is 2.12 bits per heavy atom.